The van der Waals surface area contributed by atoms with Crippen LogP contribution in [0.1, 0.15) is 45.4 Å². The number of aryl methyl sites for hydroxylation is 1. The van der Waals surface area contributed by atoms with E-state index >= 15 is 0 Å². The Bertz CT molecular complexity index is 373. The van der Waals surface area contributed by atoms with E-state index in [2.05, 4.69) is 41.4 Å². The Labute approximate surface area is 120 Å². The Morgan fingerprint density at radius 2 is 1.85 bits per heavy atom. The predicted molar refractivity (Wildman–Crippen MR) is 78.6 cm³/mol. The highest BCUT2D eigenvalue weighted by atomic mass is 16.9. The van der Waals surface area contributed by atoms with Crippen LogP contribution in [0, 0.1) is 15.3 Å². The Morgan fingerprint density at radius 3 is 2.45 bits per heavy atom. The third-order valence-electron chi connectivity index (χ3n) is 2.86. The van der Waals surface area contributed by atoms with Crippen LogP contribution in [0.25, 0.3) is 0 Å². The van der Waals surface area contributed by atoms with Crippen LogP contribution in [0.5, 0.6) is 0 Å². The zero-order valence-corrected chi connectivity index (χ0v) is 12.2. The first-order valence-electron chi connectivity index (χ1n) is 7.07. The molecule has 0 saturated heterocycles. The topological polar surface area (TPSA) is 75.0 Å². The van der Waals surface area contributed by atoms with Crippen molar-refractivity contribution < 1.29 is 9.65 Å². The van der Waals surface area contributed by atoms with Crippen LogP contribution in [-0.4, -0.2) is 9.65 Å². The summed E-state index contributed by atoms with van der Waals surface area (Å²) in [5.74, 6) is 0. The highest BCUT2D eigenvalue weighted by molar-refractivity contribution is 4.73. The fourth-order valence-corrected chi connectivity index (χ4v) is 1.90. The third-order valence-corrected chi connectivity index (χ3v) is 2.86. The number of imidazole rings is 1. The molecule has 0 bridgehead atoms. The van der Waals surface area contributed by atoms with Crippen molar-refractivity contribution in [2.24, 2.45) is 0 Å². The van der Waals surface area contributed by atoms with Crippen LogP contribution < -0.4 is 4.57 Å². The monoisotopic (exact) mass is 283 g/mol. The molecular weight excluding hydrogens is 258 g/mol. The molecular formula is C14H25N3O3. The van der Waals surface area contributed by atoms with E-state index in [1.165, 1.54) is 38.5 Å². The van der Waals surface area contributed by atoms with E-state index in [0.717, 1.165) is 13.1 Å². The molecule has 0 radical (unpaired) electrons. The van der Waals surface area contributed by atoms with Crippen molar-refractivity contribution in [2.75, 3.05) is 0 Å². The van der Waals surface area contributed by atoms with E-state index < -0.39 is 5.09 Å². The lowest BCUT2D eigenvalue weighted by atomic mass is 10.1. The zero-order chi connectivity index (χ0) is 15.2. The van der Waals surface area contributed by atoms with Gasteiger partial charge in [-0.3, -0.25) is 0 Å². The van der Waals surface area contributed by atoms with Gasteiger partial charge in [-0.15, -0.1) is 0 Å². The van der Waals surface area contributed by atoms with Crippen LogP contribution >= 0.6 is 0 Å². The third kappa shape index (κ3) is 11.3. The SMILES string of the molecule is C=CCn1cc[n+](CCCCCCCC)c1.O=[N+]([O-])[O-]. The molecule has 1 heterocycles. The van der Waals surface area contributed by atoms with Crippen LogP contribution in [0.2, 0.25) is 0 Å². The van der Waals surface area contributed by atoms with E-state index in [-0.39, 0.29) is 0 Å². The minimum absolute atomic E-state index is 0.906. The zero-order valence-electron chi connectivity index (χ0n) is 12.2. The fourth-order valence-electron chi connectivity index (χ4n) is 1.90. The van der Waals surface area contributed by atoms with E-state index in [1.807, 2.05) is 6.08 Å². The molecule has 114 valence electrons. The van der Waals surface area contributed by atoms with Crippen LogP contribution in [0.3, 0.4) is 0 Å². The van der Waals surface area contributed by atoms with Gasteiger partial charge in [-0.1, -0.05) is 45.3 Å². The molecule has 1 rings (SSSR count). The van der Waals surface area contributed by atoms with Gasteiger partial charge < -0.3 is 15.3 Å². The number of aromatic nitrogens is 2. The summed E-state index contributed by atoms with van der Waals surface area (Å²) >= 11 is 0. The average Bonchev–Trinajstić information content (AvgIpc) is 2.81. The molecule has 6 nitrogen and oxygen atoms in total. The normalized spacial score (nSPS) is 9.65. The summed E-state index contributed by atoms with van der Waals surface area (Å²) < 4.78 is 4.42. The summed E-state index contributed by atoms with van der Waals surface area (Å²) in [4.78, 5) is 8.25. The minimum atomic E-state index is -1.75. The first-order valence-corrected chi connectivity index (χ1v) is 7.07. The largest absolute Gasteiger partial charge is 0.356 e. The van der Waals surface area contributed by atoms with Gasteiger partial charge in [0.05, 0.1) is 11.6 Å². The molecule has 0 amide bonds. The second kappa shape index (κ2) is 12.2. The Hall–Kier alpha value is -1.85. The van der Waals surface area contributed by atoms with Gasteiger partial charge in [-0.05, 0) is 12.8 Å². The standard InChI is InChI=1S/C14H25N2.NO3/c1-3-5-6-7-8-9-11-16-13-12-15(14-16)10-4-2;2-1(3)4/h4,12-14H,2-3,5-11H2,1H3;/q+1;-1. The number of hydrogen-bond donors (Lipinski definition) is 0. The molecule has 20 heavy (non-hydrogen) atoms. The van der Waals surface area contributed by atoms with Crippen molar-refractivity contribution in [2.45, 2.75) is 58.5 Å². The van der Waals surface area contributed by atoms with Gasteiger partial charge in [0.25, 0.3) is 0 Å². The molecule has 0 unspecified atom stereocenters. The minimum Gasteiger partial charge on any atom is -0.356 e. The molecule has 6 heteroatoms. The number of unbranched alkanes of at least 4 members (excludes halogenated alkanes) is 5. The first-order chi connectivity index (χ1) is 9.60. The van der Waals surface area contributed by atoms with Crippen molar-refractivity contribution in [1.29, 1.82) is 0 Å². The molecule has 0 fully saturated rings. The van der Waals surface area contributed by atoms with Gasteiger partial charge >= 0.3 is 0 Å². The number of nitrogens with zero attached hydrogens (tertiary/aromatic N) is 3. The summed E-state index contributed by atoms with van der Waals surface area (Å²) in [7, 11) is 0. The number of allylic oxidation sites excluding steroid dienone is 1. The lowest BCUT2D eigenvalue weighted by Gasteiger charge is -1.98. The molecule has 0 saturated carbocycles. The molecule has 0 N–H and O–H groups in total. The van der Waals surface area contributed by atoms with Crippen molar-refractivity contribution in [3.05, 3.63) is 46.7 Å². The first kappa shape index (κ1) is 18.1. The van der Waals surface area contributed by atoms with Crippen molar-refractivity contribution in [1.82, 2.24) is 4.57 Å². The second-order valence-electron chi connectivity index (χ2n) is 4.63. The summed E-state index contributed by atoms with van der Waals surface area (Å²) in [6, 6.07) is 0. The molecule has 1 aromatic heterocycles. The van der Waals surface area contributed by atoms with Gasteiger partial charge in [-0.2, -0.15) is 0 Å². The summed E-state index contributed by atoms with van der Waals surface area (Å²) in [6.45, 7) is 8.06. The fraction of sp³-hybridized carbons (Fsp3) is 0.643. The maximum Gasteiger partial charge on any atom is 0.244 e. The van der Waals surface area contributed by atoms with Crippen LogP contribution in [0.4, 0.5) is 0 Å². The smallest absolute Gasteiger partial charge is 0.244 e. The number of hydrogen-bond acceptors (Lipinski definition) is 3. The van der Waals surface area contributed by atoms with Gasteiger partial charge in [0, 0.05) is 0 Å². The summed E-state index contributed by atoms with van der Waals surface area (Å²) in [5, 5.41) is 14.8. The van der Waals surface area contributed by atoms with E-state index in [9.17, 15) is 0 Å². The molecule has 0 aromatic carbocycles. The average molecular weight is 283 g/mol. The lowest BCUT2D eigenvalue weighted by Crippen LogP contribution is -2.30. The summed E-state index contributed by atoms with van der Waals surface area (Å²) in [6.07, 6.45) is 16.5. The lowest BCUT2D eigenvalue weighted by molar-refractivity contribution is -0.696. The number of rotatable bonds is 9. The van der Waals surface area contributed by atoms with Gasteiger partial charge in [-0.25, -0.2) is 9.13 Å². The Balaban J connectivity index is 0.000000796. The van der Waals surface area contributed by atoms with Gasteiger partial charge in [0.1, 0.15) is 18.9 Å². The van der Waals surface area contributed by atoms with E-state index in [0.29, 0.717) is 0 Å². The molecule has 0 aliphatic carbocycles. The molecule has 0 aliphatic heterocycles. The maximum absolute atomic E-state index is 8.25. The molecule has 0 aliphatic rings. The van der Waals surface area contributed by atoms with Gasteiger partial charge in [0.15, 0.2) is 0 Å². The van der Waals surface area contributed by atoms with E-state index in [1.54, 1.807) is 0 Å². The quantitative estimate of drug-likeness (QED) is 0.230. The Kier molecular flexibility index (Phi) is 11.1. The Morgan fingerprint density at radius 1 is 1.25 bits per heavy atom. The van der Waals surface area contributed by atoms with E-state index in [4.69, 9.17) is 15.3 Å². The predicted octanol–water partition coefficient (Wildman–Crippen LogP) is 3.08. The summed E-state index contributed by atoms with van der Waals surface area (Å²) in [5.41, 5.74) is 0. The van der Waals surface area contributed by atoms with Gasteiger partial charge in [0.2, 0.25) is 6.33 Å². The molecule has 0 spiro atoms. The van der Waals surface area contributed by atoms with Crippen LogP contribution in [0.15, 0.2) is 31.4 Å². The van der Waals surface area contributed by atoms with Crippen molar-refractivity contribution >= 4 is 0 Å². The molecule has 0 atom stereocenters. The molecule has 1 aromatic rings. The van der Waals surface area contributed by atoms with Crippen molar-refractivity contribution in [3.8, 4) is 0 Å². The van der Waals surface area contributed by atoms with Crippen molar-refractivity contribution in [3.63, 3.8) is 0 Å². The second-order valence-corrected chi connectivity index (χ2v) is 4.63. The van der Waals surface area contributed by atoms with Crippen LogP contribution in [-0.2, 0) is 13.1 Å². The highest BCUT2D eigenvalue weighted by Crippen LogP contribution is 2.04. The highest BCUT2D eigenvalue weighted by Gasteiger charge is 2.01. The maximum atomic E-state index is 8.25.